The second-order valence-electron chi connectivity index (χ2n) is 6.28. The lowest BCUT2D eigenvalue weighted by Crippen LogP contribution is -2.33. The first-order valence-corrected chi connectivity index (χ1v) is 8.51. The normalized spacial score (nSPS) is 12.1. The van der Waals surface area contributed by atoms with E-state index in [0.29, 0.717) is 18.1 Å². The average Bonchev–Trinajstić information content (AvgIpc) is 3.26. The second-order valence-corrected chi connectivity index (χ2v) is 6.28. The predicted octanol–water partition coefficient (Wildman–Crippen LogP) is 2.95. The fourth-order valence-corrected chi connectivity index (χ4v) is 2.55. The number of nitrogens with one attached hydrogen (secondary N) is 1. The maximum Gasteiger partial charge on any atom is 0.275 e. The van der Waals surface area contributed by atoms with Crippen molar-refractivity contribution >= 4 is 5.91 Å². The lowest BCUT2D eigenvalue weighted by Gasteiger charge is -2.12. The summed E-state index contributed by atoms with van der Waals surface area (Å²) in [6.07, 6.45) is 4.65. The fourth-order valence-electron chi connectivity index (χ4n) is 2.55. The number of benzene rings is 1. The van der Waals surface area contributed by atoms with Gasteiger partial charge in [0.15, 0.2) is 11.5 Å². The van der Waals surface area contributed by atoms with E-state index in [0.717, 1.165) is 12.0 Å². The van der Waals surface area contributed by atoms with Gasteiger partial charge in [-0.15, -0.1) is 5.10 Å². The molecule has 3 rings (SSSR count). The Hall–Kier alpha value is -2.89. The van der Waals surface area contributed by atoms with Crippen LogP contribution in [0.4, 0.5) is 0 Å². The summed E-state index contributed by atoms with van der Waals surface area (Å²) in [4.78, 5) is 12.6. The average molecular weight is 337 g/mol. The van der Waals surface area contributed by atoms with Crippen molar-refractivity contribution in [3.63, 3.8) is 0 Å². The molecule has 0 fully saturated rings. The predicted molar refractivity (Wildman–Crippen MR) is 96.8 cm³/mol. The maximum atomic E-state index is 12.6. The van der Waals surface area contributed by atoms with Gasteiger partial charge < -0.3 is 9.88 Å². The molecule has 3 aromatic rings. The summed E-state index contributed by atoms with van der Waals surface area (Å²) < 4.78 is 3.63. The highest BCUT2D eigenvalue weighted by Crippen LogP contribution is 2.15. The van der Waals surface area contributed by atoms with Gasteiger partial charge in [-0.05, 0) is 38.0 Å². The number of hydrogen-bond donors (Lipinski definition) is 1. The van der Waals surface area contributed by atoms with Crippen LogP contribution < -0.4 is 5.32 Å². The first kappa shape index (κ1) is 17.0. The summed E-state index contributed by atoms with van der Waals surface area (Å²) in [5.41, 5.74) is 2.66. The molecule has 6 nitrogen and oxygen atoms in total. The van der Waals surface area contributed by atoms with Crippen molar-refractivity contribution in [3.8, 4) is 5.82 Å². The summed E-state index contributed by atoms with van der Waals surface area (Å²) >= 11 is 0. The zero-order valence-electron chi connectivity index (χ0n) is 14.8. The number of aromatic nitrogens is 4. The Morgan fingerprint density at radius 2 is 1.88 bits per heavy atom. The maximum absolute atomic E-state index is 12.6. The Morgan fingerprint density at radius 3 is 2.52 bits per heavy atom. The zero-order valence-corrected chi connectivity index (χ0v) is 14.8. The Bertz CT molecular complexity index is 833. The number of rotatable bonds is 6. The zero-order chi connectivity index (χ0) is 17.8. The van der Waals surface area contributed by atoms with Crippen molar-refractivity contribution in [2.45, 2.75) is 39.8 Å². The summed E-state index contributed by atoms with van der Waals surface area (Å²) in [6.45, 7) is 6.62. The molecular formula is C19H23N5O. The number of hydrogen-bond acceptors (Lipinski definition) is 3. The summed E-state index contributed by atoms with van der Waals surface area (Å²) in [7, 11) is 0. The van der Waals surface area contributed by atoms with Crippen molar-refractivity contribution in [3.05, 3.63) is 65.6 Å². The first-order valence-electron chi connectivity index (χ1n) is 8.51. The molecule has 6 heteroatoms. The molecule has 1 aromatic carbocycles. The van der Waals surface area contributed by atoms with Gasteiger partial charge in [-0.25, -0.2) is 4.68 Å². The van der Waals surface area contributed by atoms with Crippen LogP contribution in [0, 0.1) is 6.92 Å². The van der Waals surface area contributed by atoms with Crippen LogP contribution in [0.2, 0.25) is 0 Å². The van der Waals surface area contributed by atoms with Crippen molar-refractivity contribution in [1.29, 1.82) is 0 Å². The smallest absolute Gasteiger partial charge is 0.275 e. The quantitative estimate of drug-likeness (QED) is 0.752. The van der Waals surface area contributed by atoms with E-state index < -0.39 is 0 Å². The molecule has 0 spiro atoms. The SMILES string of the molecule is CC[C@@H](C)NC(=O)c1nnn(Cc2ccc(C)cc2)c1-n1cccc1. The molecule has 1 N–H and O–H groups in total. The van der Waals surface area contributed by atoms with Gasteiger partial charge in [0.1, 0.15) is 0 Å². The van der Waals surface area contributed by atoms with Gasteiger partial charge in [-0.2, -0.15) is 0 Å². The van der Waals surface area contributed by atoms with Crippen molar-refractivity contribution in [2.75, 3.05) is 0 Å². The highest BCUT2D eigenvalue weighted by atomic mass is 16.2. The van der Waals surface area contributed by atoms with E-state index in [9.17, 15) is 4.79 Å². The van der Waals surface area contributed by atoms with Crippen LogP contribution in [0.3, 0.4) is 0 Å². The van der Waals surface area contributed by atoms with E-state index in [2.05, 4.69) is 46.8 Å². The topological polar surface area (TPSA) is 64.7 Å². The van der Waals surface area contributed by atoms with Gasteiger partial charge in [0.25, 0.3) is 5.91 Å². The molecule has 25 heavy (non-hydrogen) atoms. The summed E-state index contributed by atoms with van der Waals surface area (Å²) in [6, 6.07) is 12.2. The van der Waals surface area contributed by atoms with E-state index >= 15 is 0 Å². The van der Waals surface area contributed by atoms with Gasteiger partial charge >= 0.3 is 0 Å². The Morgan fingerprint density at radius 1 is 1.20 bits per heavy atom. The number of amides is 1. The van der Waals surface area contributed by atoms with Crippen molar-refractivity contribution in [2.24, 2.45) is 0 Å². The van der Waals surface area contributed by atoms with Crippen LogP contribution in [0.5, 0.6) is 0 Å². The molecule has 0 radical (unpaired) electrons. The molecular weight excluding hydrogens is 314 g/mol. The minimum absolute atomic E-state index is 0.0901. The van der Waals surface area contributed by atoms with Gasteiger partial charge in [-0.3, -0.25) is 4.79 Å². The molecule has 130 valence electrons. The van der Waals surface area contributed by atoms with Crippen LogP contribution in [0.15, 0.2) is 48.8 Å². The molecule has 1 atom stereocenters. The summed E-state index contributed by atoms with van der Waals surface area (Å²) in [5.74, 6) is 0.472. The van der Waals surface area contributed by atoms with Gasteiger partial charge in [0.05, 0.1) is 6.54 Å². The number of carbonyl (C=O) groups excluding carboxylic acids is 1. The third kappa shape index (κ3) is 3.79. The third-order valence-corrected chi connectivity index (χ3v) is 4.22. The minimum Gasteiger partial charge on any atom is -0.348 e. The Kier molecular flexibility index (Phi) is 4.97. The largest absolute Gasteiger partial charge is 0.348 e. The van der Waals surface area contributed by atoms with Crippen LogP contribution in [0.25, 0.3) is 5.82 Å². The highest BCUT2D eigenvalue weighted by Gasteiger charge is 2.22. The number of nitrogens with zero attached hydrogens (tertiary/aromatic N) is 4. The van der Waals surface area contributed by atoms with Crippen LogP contribution >= 0.6 is 0 Å². The fraction of sp³-hybridized carbons (Fsp3) is 0.316. The van der Waals surface area contributed by atoms with Gasteiger partial charge in [0.2, 0.25) is 0 Å². The molecule has 0 aliphatic carbocycles. The molecule has 0 saturated heterocycles. The second kappa shape index (κ2) is 7.34. The lowest BCUT2D eigenvalue weighted by molar-refractivity contribution is 0.0934. The molecule has 2 heterocycles. The molecule has 0 saturated carbocycles. The van der Waals surface area contributed by atoms with Crippen LogP contribution in [-0.4, -0.2) is 31.5 Å². The van der Waals surface area contributed by atoms with E-state index in [1.54, 1.807) is 4.68 Å². The van der Waals surface area contributed by atoms with E-state index in [1.807, 2.05) is 42.9 Å². The van der Waals surface area contributed by atoms with Crippen molar-refractivity contribution in [1.82, 2.24) is 24.9 Å². The molecule has 0 bridgehead atoms. The van der Waals surface area contributed by atoms with Gasteiger partial charge in [0, 0.05) is 18.4 Å². The molecule has 0 aliphatic rings. The number of carbonyl (C=O) groups is 1. The standard InChI is InChI=1S/C19H23N5O/c1-4-15(3)20-18(25)17-19(23-11-5-6-12-23)24(22-21-17)13-16-9-7-14(2)8-10-16/h5-12,15H,4,13H2,1-3H3,(H,20,25)/t15-/m1/s1. The van der Waals surface area contributed by atoms with Gasteiger partial charge in [-0.1, -0.05) is 42.0 Å². The van der Waals surface area contributed by atoms with E-state index in [1.165, 1.54) is 5.56 Å². The third-order valence-electron chi connectivity index (χ3n) is 4.22. The highest BCUT2D eigenvalue weighted by molar-refractivity contribution is 5.95. The Labute approximate surface area is 147 Å². The minimum atomic E-state index is -0.201. The molecule has 0 aliphatic heterocycles. The number of aryl methyl sites for hydroxylation is 1. The van der Waals surface area contributed by atoms with E-state index in [4.69, 9.17) is 0 Å². The monoisotopic (exact) mass is 337 g/mol. The summed E-state index contributed by atoms with van der Waals surface area (Å²) in [5, 5.41) is 11.3. The molecule has 2 aromatic heterocycles. The first-order chi connectivity index (χ1) is 12.1. The molecule has 1 amide bonds. The Balaban J connectivity index is 1.96. The van der Waals surface area contributed by atoms with Crippen LogP contribution in [-0.2, 0) is 6.54 Å². The molecule has 0 unspecified atom stereocenters. The van der Waals surface area contributed by atoms with E-state index in [-0.39, 0.29) is 11.9 Å². The van der Waals surface area contributed by atoms with Crippen molar-refractivity contribution < 1.29 is 4.79 Å². The van der Waals surface area contributed by atoms with Crippen LogP contribution in [0.1, 0.15) is 41.9 Å². The lowest BCUT2D eigenvalue weighted by atomic mass is 10.1.